The topological polar surface area (TPSA) is 96.3 Å². The van der Waals surface area contributed by atoms with Crippen LogP contribution in [0.2, 0.25) is 0 Å². The summed E-state index contributed by atoms with van der Waals surface area (Å²) in [5, 5.41) is 18.7. The summed E-state index contributed by atoms with van der Waals surface area (Å²) < 4.78 is 2.18. The molecule has 0 saturated carbocycles. The number of nitrogen functional groups attached to an aromatic ring is 1. The Morgan fingerprint density at radius 1 is 1.04 bits per heavy atom. The number of pyridine rings is 1. The highest BCUT2D eigenvalue weighted by molar-refractivity contribution is 5.38. The zero-order valence-corrected chi connectivity index (χ0v) is 16.7. The zero-order chi connectivity index (χ0) is 19.5. The number of hydrogen-bond donors (Lipinski definition) is 2. The molecule has 2 aromatic rings. The molecule has 4 heterocycles. The summed E-state index contributed by atoms with van der Waals surface area (Å²) in [6.07, 6.45) is 5.47. The Bertz CT molecular complexity index is 777. The second-order valence-corrected chi connectivity index (χ2v) is 8.14. The first-order valence-corrected chi connectivity index (χ1v) is 10.3. The second kappa shape index (κ2) is 8.55. The smallest absolute Gasteiger partial charge is 0.146 e. The number of nitrogens with zero attached hydrogens (tertiary/aromatic N) is 6. The minimum absolute atomic E-state index is 0.140. The Hall–Kier alpha value is -2.03. The first-order valence-electron chi connectivity index (χ1n) is 10.3. The molecule has 8 heteroatoms. The molecule has 2 saturated heterocycles. The molecule has 2 aliphatic rings. The molecule has 0 atom stereocenters. The van der Waals surface area contributed by atoms with E-state index in [0.29, 0.717) is 11.7 Å². The molecular formula is C20H31N7O. The number of aliphatic hydroxyl groups is 1. The number of hydrogen-bond acceptors (Lipinski definition) is 7. The fourth-order valence-electron chi connectivity index (χ4n) is 4.32. The molecule has 4 rings (SSSR count). The van der Waals surface area contributed by atoms with Gasteiger partial charge in [0, 0.05) is 44.4 Å². The zero-order valence-electron chi connectivity index (χ0n) is 16.7. The molecule has 2 aromatic heterocycles. The molecule has 0 radical (unpaired) electrons. The quantitative estimate of drug-likeness (QED) is 0.796. The van der Waals surface area contributed by atoms with E-state index < -0.39 is 0 Å². The van der Waals surface area contributed by atoms with Gasteiger partial charge < -0.3 is 15.4 Å². The van der Waals surface area contributed by atoms with Crippen molar-refractivity contribution in [2.45, 2.75) is 50.8 Å². The third kappa shape index (κ3) is 4.34. The molecule has 0 aliphatic carbocycles. The molecule has 0 amide bonds. The maximum Gasteiger partial charge on any atom is 0.146 e. The van der Waals surface area contributed by atoms with E-state index in [1.807, 2.05) is 6.07 Å². The molecule has 28 heavy (non-hydrogen) atoms. The predicted octanol–water partition coefficient (Wildman–Crippen LogP) is 1.13. The average molecular weight is 386 g/mol. The minimum Gasteiger partial charge on any atom is -0.393 e. The third-order valence-electron chi connectivity index (χ3n) is 6.19. The van der Waals surface area contributed by atoms with Crippen LogP contribution < -0.4 is 5.73 Å². The lowest BCUT2D eigenvalue weighted by Gasteiger charge is -2.31. The number of aliphatic hydroxyl groups excluding tert-OH is 1. The van der Waals surface area contributed by atoms with Gasteiger partial charge in [-0.15, -0.1) is 10.2 Å². The molecule has 2 fully saturated rings. The van der Waals surface area contributed by atoms with E-state index >= 15 is 0 Å². The molecular weight excluding hydrogens is 354 g/mol. The Morgan fingerprint density at radius 2 is 1.71 bits per heavy atom. The number of likely N-dealkylation sites (tertiary alicyclic amines) is 2. The highest BCUT2D eigenvalue weighted by atomic mass is 16.3. The molecule has 152 valence electrons. The number of piperidine rings is 2. The van der Waals surface area contributed by atoms with Crippen LogP contribution in [-0.4, -0.2) is 66.9 Å². The van der Waals surface area contributed by atoms with Gasteiger partial charge in [0.05, 0.1) is 12.6 Å². The summed E-state index contributed by atoms with van der Waals surface area (Å²) in [5.74, 6) is 3.22. The fourth-order valence-corrected chi connectivity index (χ4v) is 4.32. The molecule has 0 spiro atoms. The van der Waals surface area contributed by atoms with Crippen LogP contribution in [0.1, 0.15) is 48.8 Å². The van der Waals surface area contributed by atoms with Gasteiger partial charge in [0.25, 0.3) is 0 Å². The Kier molecular flexibility index (Phi) is 5.89. The van der Waals surface area contributed by atoms with Crippen molar-refractivity contribution in [3.05, 3.63) is 35.5 Å². The van der Waals surface area contributed by atoms with Crippen molar-refractivity contribution in [2.75, 3.05) is 31.9 Å². The van der Waals surface area contributed by atoms with Gasteiger partial charge in [-0.3, -0.25) is 9.80 Å². The molecule has 2 aliphatic heterocycles. The van der Waals surface area contributed by atoms with Gasteiger partial charge in [0.2, 0.25) is 0 Å². The molecule has 0 bridgehead atoms. The number of aromatic nitrogens is 4. The van der Waals surface area contributed by atoms with Gasteiger partial charge in [0.1, 0.15) is 17.5 Å². The maximum atomic E-state index is 9.68. The van der Waals surface area contributed by atoms with Crippen molar-refractivity contribution >= 4 is 5.82 Å². The lowest BCUT2D eigenvalue weighted by Crippen LogP contribution is -2.36. The number of anilines is 1. The van der Waals surface area contributed by atoms with Crippen molar-refractivity contribution in [1.29, 1.82) is 0 Å². The highest BCUT2D eigenvalue weighted by Gasteiger charge is 2.26. The van der Waals surface area contributed by atoms with Crippen LogP contribution in [0.15, 0.2) is 18.3 Å². The van der Waals surface area contributed by atoms with E-state index in [-0.39, 0.29) is 6.10 Å². The van der Waals surface area contributed by atoms with E-state index in [1.54, 1.807) is 6.20 Å². The van der Waals surface area contributed by atoms with Crippen molar-refractivity contribution in [3.8, 4) is 0 Å². The Labute approximate surface area is 166 Å². The number of rotatable bonds is 5. The minimum atomic E-state index is -0.140. The van der Waals surface area contributed by atoms with E-state index in [0.717, 1.165) is 82.2 Å². The van der Waals surface area contributed by atoms with Gasteiger partial charge in [-0.25, -0.2) is 4.98 Å². The maximum absolute atomic E-state index is 9.68. The van der Waals surface area contributed by atoms with E-state index in [4.69, 9.17) is 5.73 Å². The lowest BCUT2D eigenvalue weighted by molar-refractivity contribution is 0.0775. The van der Waals surface area contributed by atoms with Crippen LogP contribution in [-0.2, 0) is 20.1 Å². The predicted molar refractivity (Wildman–Crippen MR) is 107 cm³/mol. The van der Waals surface area contributed by atoms with Crippen LogP contribution in [0.3, 0.4) is 0 Å². The molecule has 0 aromatic carbocycles. The van der Waals surface area contributed by atoms with Crippen molar-refractivity contribution < 1.29 is 5.11 Å². The fraction of sp³-hybridized carbons (Fsp3) is 0.650. The van der Waals surface area contributed by atoms with Crippen LogP contribution in [0, 0.1) is 0 Å². The first-order chi connectivity index (χ1) is 13.6. The summed E-state index contributed by atoms with van der Waals surface area (Å²) in [4.78, 5) is 8.99. The van der Waals surface area contributed by atoms with Crippen LogP contribution >= 0.6 is 0 Å². The summed E-state index contributed by atoms with van der Waals surface area (Å²) in [6.45, 7) is 5.60. The SMILES string of the molecule is Cn1c(CN2CCC(O)CC2)nnc1C1CCN(Cc2cccnc2N)CC1. The highest BCUT2D eigenvalue weighted by Crippen LogP contribution is 2.28. The van der Waals surface area contributed by atoms with Gasteiger partial charge >= 0.3 is 0 Å². The van der Waals surface area contributed by atoms with Gasteiger partial charge in [-0.2, -0.15) is 0 Å². The van der Waals surface area contributed by atoms with Crippen LogP contribution in [0.25, 0.3) is 0 Å². The first kappa shape index (κ1) is 19.3. The summed E-state index contributed by atoms with van der Waals surface area (Å²) in [6, 6.07) is 4.01. The lowest BCUT2D eigenvalue weighted by atomic mass is 9.95. The summed E-state index contributed by atoms with van der Waals surface area (Å²) >= 11 is 0. The third-order valence-corrected chi connectivity index (χ3v) is 6.19. The monoisotopic (exact) mass is 385 g/mol. The molecule has 8 nitrogen and oxygen atoms in total. The van der Waals surface area contributed by atoms with Crippen LogP contribution in [0.4, 0.5) is 5.82 Å². The molecule has 0 unspecified atom stereocenters. The van der Waals surface area contributed by atoms with Gasteiger partial charge in [-0.05, 0) is 44.8 Å². The Balaban J connectivity index is 1.32. The summed E-state index contributed by atoms with van der Waals surface area (Å²) in [5.41, 5.74) is 7.09. The largest absolute Gasteiger partial charge is 0.393 e. The van der Waals surface area contributed by atoms with E-state index in [9.17, 15) is 5.11 Å². The van der Waals surface area contributed by atoms with E-state index in [1.165, 1.54) is 0 Å². The normalized spacial score (nSPS) is 20.6. The average Bonchev–Trinajstić information content (AvgIpc) is 3.06. The van der Waals surface area contributed by atoms with Crippen molar-refractivity contribution in [3.63, 3.8) is 0 Å². The second-order valence-electron chi connectivity index (χ2n) is 8.14. The summed E-state index contributed by atoms with van der Waals surface area (Å²) in [7, 11) is 2.09. The van der Waals surface area contributed by atoms with Crippen LogP contribution in [0.5, 0.6) is 0 Å². The Morgan fingerprint density at radius 3 is 2.43 bits per heavy atom. The van der Waals surface area contributed by atoms with Crippen molar-refractivity contribution in [1.82, 2.24) is 29.5 Å². The van der Waals surface area contributed by atoms with Gasteiger partial charge in [0.15, 0.2) is 0 Å². The molecule has 3 N–H and O–H groups in total. The van der Waals surface area contributed by atoms with Crippen molar-refractivity contribution in [2.24, 2.45) is 7.05 Å². The van der Waals surface area contributed by atoms with Gasteiger partial charge in [-0.1, -0.05) is 6.07 Å². The standard InChI is InChI=1S/C20H31N7O/c1-25-18(14-27-11-6-17(28)7-12-27)23-24-20(25)15-4-9-26(10-5-15)13-16-3-2-8-22-19(16)21/h2-3,8,15,17,28H,4-7,9-14H2,1H3,(H2,21,22). The van der Waals surface area contributed by atoms with E-state index in [2.05, 4.69) is 42.7 Å². The number of nitrogens with two attached hydrogens (primary N) is 1.